The molecular formula is C18H15N3O7. The lowest BCUT2D eigenvalue weighted by Crippen LogP contribution is -2.22. The first-order chi connectivity index (χ1) is 13.4. The van der Waals surface area contributed by atoms with Crippen molar-refractivity contribution in [3.05, 3.63) is 58.3 Å². The van der Waals surface area contributed by atoms with Crippen molar-refractivity contribution in [2.45, 2.75) is 6.92 Å². The molecule has 0 unspecified atom stereocenters. The van der Waals surface area contributed by atoms with Crippen LogP contribution in [0.15, 0.2) is 47.0 Å². The fourth-order valence-corrected chi connectivity index (χ4v) is 2.43. The van der Waals surface area contributed by atoms with Crippen LogP contribution in [0.1, 0.15) is 17.4 Å². The summed E-state index contributed by atoms with van der Waals surface area (Å²) in [4.78, 5) is 22.1. The summed E-state index contributed by atoms with van der Waals surface area (Å²) in [5, 5.41) is 37.0. The molecule has 0 fully saturated rings. The topological polar surface area (TPSA) is 148 Å². The molecule has 3 N–H and O–H groups in total. The van der Waals surface area contributed by atoms with Crippen LogP contribution >= 0.6 is 0 Å². The Bertz CT molecular complexity index is 1030. The first-order valence-corrected chi connectivity index (χ1v) is 8.12. The monoisotopic (exact) mass is 385 g/mol. The number of nitrogens with zero attached hydrogens (tertiary/aromatic N) is 2. The molecule has 2 aromatic carbocycles. The second-order valence-electron chi connectivity index (χ2n) is 5.63. The summed E-state index contributed by atoms with van der Waals surface area (Å²) in [6, 6.07) is 8.85. The average molecular weight is 385 g/mol. The third kappa shape index (κ3) is 3.85. The number of nitrogens with one attached hydrogen (secondary N) is 1. The molecule has 3 rings (SSSR count). The number of benzene rings is 2. The number of phenolic OH excluding ortho intramolecular Hbond substituents is 2. The number of phenols is 2. The summed E-state index contributed by atoms with van der Waals surface area (Å²) in [5.74, 6) is -0.827. The van der Waals surface area contributed by atoms with Crippen LogP contribution in [0.25, 0.3) is 11.3 Å². The smallest absolute Gasteiger partial charge is 0.273 e. The average Bonchev–Trinajstić information content (AvgIpc) is 3.11. The van der Waals surface area contributed by atoms with E-state index in [-0.39, 0.29) is 45.7 Å². The minimum atomic E-state index is -0.549. The number of carbonyl (C=O) groups excluding carboxylic acids is 1. The minimum absolute atomic E-state index is 0.00459. The SMILES string of the molecule is CCNC(=O)c1cc(-c2c(O)cc(O)cc2Oc2ccc([N+](=O)[O-])cc2)on1. The zero-order valence-corrected chi connectivity index (χ0v) is 14.6. The van der Waals surface area contributed by atoms with E-state index in [4.69, 9.17) is 9.26 Å². The van der Waals surface area contributed by atoms with E-state index < -0.39 is 10.8 Å². The standard InChI is InChI=1S/C18H15N3O7/c1-2-19-18(24)13-9-16(28-20-13)17-14(23)7-11(22)8-15(17)27-12-5-3-10(4-6-12)21(25)26/h3-9,22-23H,2H2,1H3,(H,19,24). The third-order valence-electron chi connectivity index (χ3n) is 3.67. The number of rotatable bonds is 6. The van der Waals surface area contributed by atoms with E-state index in [0.717, 1.165) is 6.07 Å². The van der Waals surface area contributed by atoms with Crippen molar-refractivity contribution in [1.29, 1.82) is 0 Å². The van der Waals surface area contributed by atoms with Crippen molar-refractivity contribution >= 4 is 11.6 Å². The first-order valence-electron chi connectivity index (χ1n) is 8.12. The molecule has 10 heteroatoms. The van der Waals surface area contributed by atoms with E-state index in [1.165, 1.54) is 36.4 Å². The maximum atomic E-state index is 11.9. The highest BCUT2D eigenvalue weighted by Gasteiger charge is 2.21. The van der Waals surface area contributed by atoms with Gasteiger partial charge in [0.05, 0.1) is 4.92 Å². The van der Waals surface area contributed by atoms with Gasteiger partial charge < -0.3 is 24.8 Å². The molecule has 0 spiro atoms. The number of aromatic hydroxyl groups is 2. The molecule has 0 aliphatic carbocycles. The van der Waals surface area contributed by atoms with Crippen LogP contribution in [0, 0.1) is 10.1 Å². The lowest BCUT2D eigenvalue weighted by atomic mass is 10.1. The molecule has 1 heterocycles. The van der Waals surface area contributed by atoms with E-state index in [0.29, 0.717) is 6.54 Å². The molecule has 3 aromatic rings. The van der Waals surface area contributed by atoms with Crippen LogP contribution in [0.2, 0.25) is 0 Å². The zero-order valence-electron chi connectivity index (χ0n) is 14.6. The lowest BCUT2D eigenvalue weighted by Gasteiger charge is -2.11. The third-order valence-corrected chi connectivity index (χ3v) is 3.67. The normalized spacial score (nSPS) is 10.5. The molecule has 10 nitrogen and oxygen atoms in total. The minimum Gasteiger partial charge on any atom is -0.508 e. The number of amides is 1. The fourth-order valence-electron chi connectivity index (χ4n) is 2.43. The van der Waals surface area contributed by atoms with Gasteiger partial charge in [-0.2, -0.15) is 0 Å². The molecule has 144 valence electrons. The highest BCUT2D eigenvalue weighted by molar-refractivity contribution is 5.93. The first kappa shape index (κ1) is 18.7. The van der Waals surface area contributed by atoms with Crippen LogP contribution in [0.4, 0.5) is 5.69 Å². The molecule has 28 heavy (non-hydrogen) atoms. The van der Waals surface area contributed by atoms with Crippen molar-refractivity contribution in [2.75, 3.05) is 6.54 Å². The van der Waals surface area contributed by atoms with Gasteiger partial charge in [-0.1, -0.05) is 5.16 Å². The van der Waals surface area contributed by atoms with E-state index in [2.05, 4.69) is 10.5 Å². The molecule has 0 atom stereocenters. The number of aromatic nitrogens is 1. The predicted octanol–water partition coefficient (Wildman–Crippen LogP) is 3.20. The molecule has 1 aromatic heterocycles. The molecule has 0 bridgehead atoms. The van der Waals surface area contributed by atoms with E-state index >= 15 is 0 Å². The van der Waals surface area contributed by atoms with Crippen molar-refractivity contribution in [2.24, 2.45) is 0 Å². The molecule has 0 saturated carbocycles. The molecule has 0 saturated heterocycles. The molecule has 0 radical (unpaired) electrons. The van der Waals surface area contributed by atoms with Crippen LogP contribution < -0.4 is 10.1 Å². The van der Waals surface area contributed by atoms with Crippen LogP contribution in [-0.2, 0) is 0 Å². The molecule has 1 amide bonds. The van der Waals surface area contributed by atoms with E-state index in [1.54, 1.807) is 6.92 Å². The quantitative estimate of drug-likeness (QED) is 0.433. The van der Waals surface area contributed by atoms with Gasteiger partial charge in [0.25, 0.3) is 11.6 Å². The number of nitro groups is 1. The summed E-state index contributed by atoms with van der Waals surface area (Å²) in [6.07, 6.45) is 0. The van der Waals surface area contributed by atoms with Crippen molar-refractivity contribution in [3.8, 4) is 34.3 Å². The van der Waals surface area contributed by atoms with Gasteiger partial charge >= 0.3 is 0 Å². The maximum Gasteiger partial charge on any atom is 0.273 e. The Hall–Kier alpha value is -4.08. The van der Waals surface area contributed by atoms with Gasteiger partial charge in [-0.05, 0) is 19.1 Å². The number of hydrogen-bond acceptors (Lipinski definition) is 8. The van der Waals surface area contributed by atoms with Gasteiger partial charge in [-0.15, -0.1) is 0 Å². The molecular weight excluding hydrogens is 370 g/mol. The largest absolute Gasteiger partial charge is 0.508 e. The summed E-state index contributed by atoms with van der Waals surface area (Å²) >= 11 is 0. The molecule has 0 aliphatic rings. The Labute approximate surface area is 158 Å². The van der Waals surface area contributed by atoms with Gasteiger partial charge in [-0.3, -0.25) is 14.9 Å². The number of hydrogen-bond donors (Lipinski definition) is 3. The van der Waals surface area contributed by atoms with E-state index in [9.17, 15) is 25.1 Å². The van der Waals surface area contributed by atoms with Gasteiger partial charge in [-0.25, -0.2) is 0 Å². The Morgan fingerprint density at radius 2 is 1.96 bits per heavy atom. The zero-order chi connectivity index (χ0) is 20.3. The van der Waals surface area contributed by atoms with Gasteiger partial charge in [0.15, 0.2) is 11.5 Å². The maximum absolute atomic E-state index is 11.9. The highest BCUT2D eigenvalue weighted by Crippen LogP contribution is 2.43. The lowest BCUT2D eigenvalue weighted by molar-refractivity contribution is -0.384. The van der Waals surface area contributed by atoms with Gasteiger partial charge in [0.2, 0.25) is 0 Å². The van der Waals surface area contributed by atoms with E-state index in [1.807, 2.05) is 0 Å². The van der Waals surface area contributed by atoms with Gasteiger partial charge in [0.1, 0.15) is 28.6 Å². The van der Waals surface area contributed by atoms with Crippen molar-refractivity contribution in [3.63, 3.8) is 0 Å². The summed E-state index contributed by atoms with van der Waals surface area (Å²) in [6.45, 7) is 2.15. The Kier molecular flexibility index (Phi) is 5.12. The second kappa shape index (κ2) is 7.66. The van der Waals surface area contributed by atoms with Crippen molar-refractivity contribution < 1.29 is 29.2 Å². The number of non-ortho nitro benzene ring substituents is 1. The summed E-state index contributed by atoms with van der Waals surface area (Å²) < 4.78 is 10.8. The molecule has 0 aliphatic heterocycles. The summed E-state index contributed by atoms with van der Waals surface area (Å²) in [5.41, 5.74) is -0.0574. The van der Waals surface area contributed by atoms with Gasteiger partial charge in [0, 0.05) is 36.9 Å². The fraction of sp³-hybridized carbons (Fsp3) is 0.111. The Morgan fingerprint density at radius 3 is 2.61 bits per heavy atom. The Morgan fingerprint density at radius 1 is 1.25 bits per heavy atom. The second-order valence-corrected chi connectivity index (χ2v) is 5.63. The van der Waals surface area contributed by atoms with Crippen LogP contribution in [-0.4, -0.2) is 32.7 Å². The number of ether oxygens (including phenoxy) is 1. The summed E-state index contributed by atoms with van der Waals surface area (Å²) in [7, 11) is 0. The number of carbonyl (C=O) groups is 1. The Balaban J connectivity index is 1.98. The van der Waals surface area contributed by atoms with Crippen LogP contribution in [0.5, 0.6) is 23.0 Å². The van der Waals surface area contributed by atoms with Crippen LogP contribution in [0.3, 0.4) is 0 Å². The number of nitro benzene ring substituents is 1. The van der Waals surface area contributed by atoms with Crippen molar-refractivity contribution in [1.82, 2.24) is 10.5 Å². The highest BCUT2D eigenvalue weighted by atomic mass is 16.6. The predicted molar refractivity (Wildman–Crippen MR) is 96.4 cm³/mol.